The summed E-state index contributed by atoms with van der Waals surface area (Å²) in [6.45, 7) is 0. The normalized spacial score (nSPS) is 13.4. The lowest BCUT2D eigenvalue weighted by molar-refractivity contribution is -0.146. The van der Waals surface area contributed by atoms with E-state index in [1.54, 1.807) is 0 Å². The third kappa shape index (κ3) is 3.24. The second-order valence-electron chi connectivity index (χ2n) is 3.72. The average molecular weight is 330 g/mol. The highest BCUT2D eigenvalue weighted by molar-refractivity contribution is 5.72. The van der Waals surface area contributed by atoms with E-state index in [1.165, 1.54) is 0 Å². The van der Waals surface area contributed by atoms with Crippen molar-refractivity contribution in [3.8, 4) is 0 Å². The van der Waals surface area contributed by atoms with Crippen LogP contribution in [-0.2, 0) is 18.5 Å². The summed E-state index contributed by atoms with van der Waals surface area (Å²) in [5.74, 6) is 0. The Balaban J connectivity index is 3.93. The Morgan fingerprint density at radius 2 is 1.19 bits per heavy atom. The second-order valence-corrected chi connectivity index (χ2v) is 3.72. The molecule has 21 heavy (non-hydrogen) atoms. The molecule has 0 radical (unpaired) electrons. The Hall–Kier alpha value is -1.88. The number of nitrogens with two attached hydrogens (primary N) is 1. The van der Waals surface area contributed by atoms with Crippen LogP contribution >= 0.6 is 0 Å². The van der Waals surface area contributed by atoms with Crippen molar-refractivity contribution in [2.75, 3.05) is 11.3 Å². The first kappa shape index (κ1) is 17.2. The van der Waals surface area contributed by atoms with Gasteiger partial charge in [0.25, 0.3) is 0 Å². The summed E-state index contributed by atoms with van der Waals surface area (Å²) in [6.07, 6.45) is -17.0. The standard InChI is InChI=1S/C9H4F10N2/c10-7(11,12)2-1-3(8(13,14)15)6(21-19)4(5(2)20)9(16,17)18/h1,21H,20H2. The van der Waals surface area contributed by atoms with Crippen LogP contribution in [0.4, 0.5) is 55.4 Å². The highest BCUT2D eigenvalue weighted by Crippen LogP contribution is 2.49. The molecule has 0 aliphatic carbocycles. The van der Waals surface area contributed by atoms with Crippen molar-refractivity contribution >= 4 is 11.4 Å². The van der Waals surface area contributed by atoms with Gasteiger partial charge in [-0.15, -0.1) is 4.48 Å². The molecule has 0 aliphatic heterocycles. The van der Waals surface area contributed by atoms with Crippen LogP contribution in [0.25, 0.3) is 0 Å². The molecule has 0 saturated heterocycles. The molecule has 1 rings (SSSR count). The van der Waals surface area contributed by atoms with Crippen LogP contribution < -0.4 is 11.3 Å². The molecule has 12 heteroatoms. The van der Waals surface area contributed by atoms with Crippen molar-refractivity contribution in [3.05, 3.63) is 22.8 Å². The van der Waals surface area contributed by atoms with E-state index in [4.69, 9.17) is 0 Å². The van der Waals surface area contributed by atoms with Crippen molar-refractivity contribution < 1.29 is 44.0 Å². The van der Waals surface area contributed by atoms with Gasteiger partial charge in [0.15, 0.2) is 0 Å². The Kier molecular flexibility index (Phi) is 3.96. The fourth-order valence-corrected chi connectivity index (χ4v) is 1.55. The molecule has 0 amide bonds. The van der Waals surface area contributed by atoms with Crippen LogP contribution in [0.2, 0.25) is 0 Å². The molecule has 0 heterocycles. The number of nitrogen functional groups attached to an aromatic ring is 1. The van der Waals surface area contributed by atoms with Gasteiger partial charge in [0.2, 0.25) is 0 Å². The minimum absolute atomic E-state index is 0.109. The fraction of sp³-hybridized carbons (Fsp3) is 0.333. The molecule has 0 aliphatic rings. The molecule has 3 N–H and O–H groups in total. The lowest BCUT2D eigenvalue weighted by Crippen LogP contribution is -2.21. The number of hydrogen-bond acceptors (Lipinski definition) is 2. The van der Waals surface area contributed by atoms with Gasteiger partial charge in [0.1, 0.15) is 5.56 Å². The number of hydrogen-bond donors (Lipinski definition) is 2. The number of alkyl halides is 9. The summed E-state index contributed by atoms with van der Waals surface area (Å²) >= 11 is 0. The van der Waals surface area contributed by atoms with Gasteiger partial charge in [-0.2, -0.15) is 39.5 Å². The molecule has 0 spiro atoms. The van der Waals surface area contributed by atoms with Gasteiger partial charge in [-0.05, 0) is 6.07 Å². The van der Waals surface area contributed by atoms with Crippen molar-refractivity contribution in [2.24, 2.45) is 0 Å². The smallest absolute Gasteiger partial charge is 0.398 e. The predicted molar refractivity (Wildman–Crippen MR) is 50.6 cm³/mol. The summed E-state index contributed by atoms with van der Waals surface area (Å²) in [7, 11) is 0. The zero-order valence-electron chi connectivity index (χ0n) is 9.43. The minimum Gasteiger partial charge on any atom is -0.398 e. The molecule has 1 aromatic carbocycles. The van der Waals surface area contributed by atoms with Crippen molar-refractivity contribution in [3.63, 3.8) is 0 Å². The first-order chi connectivity index (χ1) is 9.21. The number of nitrogens with one attached hydrogen (secondary N) is 1. The van der Waals surface area contributed by atoms with Gasteiger partial charge in [0, 0.05) is 0 Å². The van der Waals surface area contributed by atoms with Crippen LogP contribution in [0.3, 0.4) is 0 Å². The lowest BCUT2D eigenvalue weighted by atomic mass is 9.98. The van der Waals surface area contributed by atoms with E-state index in [-0.39, 0.29) is 5.54 Å². The molecule has 0 fully saturated rings. The Labute approximate surface area is 109 Å². The highest BCUT2D eigenvalue weighted by Gasteiger charge is 2.47. The van der Waals surface area contributed by atoms with E-state index in [9.17, 15) is 44.0 Å². The molecule has 120 valence electrons. The maximum atomic E-state index is 12.6. The predicted octanol–water partition coefficient (Wildman–Crippen LogP) is 4.62. The second kappa shape index (κ2) is 4.84. The molecule has 0 bridgehead atoms. The molecule has 0 atom stereocenters. The topological polar surface area (TPSA) is 38.0 Å². The SMILES string of the molecule is Nc1c(C(F)(F)F)cc(C(F)(F)F)c(NF)c1C(F)(F)F. The van der Waals surface area contributed by atoms with E-state index >= 15 is 0 Å². The maximum absolute atomic E-state index is 12.6. The minimum atomic E-state index is -5.74. The van der Waals surface area contributed by atoms with E-state index in [0.29, 0.717) is 0 Å². The fourth-order valence-electron chi connectivity index (χ4n) is 1.55. The third-order valence-electron chi connectivity index (χ3n) is 2.36. The van der Waals surface area contributed by atoms with Crippen molar-refractivity contribution in [2.45, 2.75) is 18.5 Å². The number of halogens is 10. The van der Waals surface area contributed by atoms with Gasteiger partial charge in [-0.25, -0.2) is 5.54 Å². The summed E-state index contributed by atoms with van der Waals surface area (Å²) in [5.41, 5.74) is -6.94. The molecule has 0 unspecified atom stereocenters. The van der Waals surface area contributed by atoms with E-state index in [1.807, 2.05) is 0 Å². The number of rotatable bonds is 1. The molecule has 2 nitrogen and oxygen atoms in total. The highest BCUT2D eigenvalue weighted by atomic mass is 19.4. The quantitative estimate of drug-likeness (QED) is 0.448. The molecule has 0 saturated carbocycles. The largest absolute Gasteiger partial charge is 0.420 e. The molecular formula is C9H4F10N2. The van der Waals surface area contributed by atoms with Gasteiger partial charge < -0.3 is 5.73 Å². The monoisotopic (exact) mass is 330 g/mol. The van der Waals surface area contributed by atoms with E-state index in [2.05, 4.69) is 5.73 Å². The van der Waals surface area contributed by atoms with Crippen LogP contribution in [0.5, 0.6) is 0 Å². The molecule has 0 aromatic heterocycles. The van der Waals surface area contributed by atoms with Gasteiger partial charge >= 0.3 is 18.5 Å². The zero-order valence-corrected chi connectivity index (χ0v) is 9.43. The van der Waals surface area contributed by atoms with Crippen LogP contribution in [-0.4, -0.2) is 0 Å². The van der Waals surface area contributed by atoms with Crippen molar-refractivity contribution in [1.82, 2.24) is 0 Å². The summed E-state index contributed by atoms with van der Waals surface area (Å²) < 4.78 is 125. The first-order valence-electron chi connectivity index (χ1n) is 4.76. The van der Waals surface area contributed by atoms with E-state index in [0.717, 1.165) is 0 Å². The van der Waals surface area contributed by atoms with E-state index < -0.39 is 52.7 Å². The van der Waals surface area contributed by atoms with Crippen LogP contribution in [0, 0.1) is 0 Å². The lowest BCUT2D eigenvalue weighted by Gasteiger charge is -2.22. The molecule has 1 aromatic rings. The van der Waals surface area contributed by atoms with Gasteiger partial charge in [-0.1, -0.05) is 0 Å². The molecular weight excluding hydrogens is 326 g/mol. The Morgan fingerprint density at radius 1 is 0.762 bits per heavy atom. The summed E-state index contributed by atoms with van der Waals surface area (Å²) in [6, 6.07) is -0.688. The summed E-state index contributed by atoms with van der Waals surface area (Å²) in [4.78, 5) is 0. The number of benzene rings is 1. The third-order valence-corrected chi connectivity index (χ3v) is 2.36. The van der Waals surface area contributed by atoms with Crippen LogP contribution in [0.15, 0.2) is 6.07 Å². The van der Waals surface area contributed by atoms with Gasteiger partial charge in [-0.3, -0.25) is 0 Å². The van der Waals surface area contributed by atoms with Crippen LogP contribution in [0.1, 0.15) is 16.7 Å². The van der Waals surface area contributed by atoms with Gasteiger partial charge in [0.05, 0.1) is 22.5 Å². The van der Waals surface area contributed by atoms with Crippen molar-refractivity contribution in [1.29, 1.82) is 0 Å². The zero-order chi connectivity index (χ0) is 16.8. The average Bonchev–Trinajstić information content (AvgIpc) is 2.22. The Bertz CT molecular complexity index is 539. The Morgan fingerprint density at radius 3 is 1.48 bits per heavy atom. The maximum Gasteiger partial charge on any atom is 0.420 e. The summed E-state index contributed by atoms with van der Waals surface area (Å²) in [5, 5.41) is 0. The first-order valence-corrected chi connectivity index (χ1v) is 4.76. The number of anilines is 2.